The zero-order valence-electron chi connectivity index (χ0n) is 16.7. The van der Waals surface area contributed by atoms with Crippen molar-refractivity contribution in [2.75, 3.05) is 0 Å². The smallest absolute Gasteiger partial charge is 0.164 e. The standard InChI is InChI=1S/C25H23N3/c1-16-15-17(2)19(4)22(18(16)3)25-27-23(20-11-7-5-8-12-20)26-24(28-25)21-13-9-6-10-14-21/h5-15H,1-4H3. The van der Waals surface area contributed by atoms with Crippen LogP contribution >= 0.6 is 0 Å². The molecule has 3 heteroatoms. The first-order valence-electron chi connectivity index (χ1n) is 9.49. The van der Waals surface area contributed by atoms with E-state index < -0.39 is 0 Å². The zero-order valence-corrected chi connectivity index (χ0v) is 16.7. The molecule has 0 aliphatic rings. The first kappa shape index (κ1) is 18.1. The molecule has 0 atom stereocenters. The molecule has 0 amide bonds. The third-order valence-electron chi connectivity index (χ3n) is 5.29. The van der Waals surface area contributed by atoms with Gasteiger partial charge in [-0.3, -0.25) is 0 Å². The molecular formula is C25H23N3. The van der Waals surface area contributed by atoms with Crippen molar-refractivity contribution in [2.45, 2.75) is 27.7 Å². The summed E-state index contributed by atoms with van der Waals surface area (Å²) in [5.74, 6) is 2.12. The Balaban J connectivity index is 2.01. The highest BCUT2D eigenvalue weighted by molar-refractivity contribution is 5.72. The molecule has 4 rings (SSSR count). The Morgan fingerprint density at radius 1 is 0.500 bits per heavy atom. The number of aryl methyl sites for hydroxylation is 2. The van der Waals surface area contributed by atoms with Gasteiger partial charge in [0.15, 0.2) is 17.5 Å². The molecule has 0 radical (unpaired) electrons. The van der Waals surface area contributed by atoms with Crippen molar-refractivity contribution in [2.24, 2.45) is 0 Å². The number of nitrogens with zero attached hydrogens (tertiary/aromatic N) is 3. The van der Waals surface area contributed by atoms with Gasteiger partial charge in [0.25, 0.3) is 0 Å². The van der Waals surface area contributed by atoms with Crippen molar-refractivity contribution >= 4 is 0 Å². The van der Waals surface area contributed by atoms with E-state index >= 15 is 0 Å². The predicted octanol–water partition coefficient (Wildman–Crippen LogP) is 6.11. The van der Waals surface area contributed by atoms with Gasteiger partial charge in [-0.25, -0.2) is 15.0 Å². The molecule has 1 heterocycles. The van der Waals surface area contributed by atoms with Gasteiger partial charge in [0.2, 0.25) is 0 Å². The fourth-order valence-corrected chi connectivity index (χ4v) is 3.47. The van der Waals surface area contributed by atoms with Gasteiger partial charge in [-0.1, -0.05) is 66.7 Å². The lowest BCUT2D eigenvalue weighted by Crippen LogP contribution is -2.04. The van der Waals surface area contributed by atoms with Crippen molar-refractivity contribution < 1.29 is 0 Å². The average molecular weight is 365 g/mol. The van der Waals surface area contributed by atoms with Gasteiger partial charge < -0.3 is 0 Å². The highest BCUT2D eigenvalue weighted by Gasteiger charge is 2.17. The molecule has 0 unspecified atom stereocenters. The number of aromatic nitrogens is 3. The van der Waals surface area contributed by atoms with Crippen LogP contribution in [0.25, 0.3) is 34.2 Å². The van der Waals surface area contributed by atoms with E-state index in [1.54, 1.807) is 0 Å². The molecule has 3 nitrogen and oxygen atoms in total. The van der Waals surface area contributed by atoms with Crippen LogP contribution in [0.2, 0.25) is 0 Å². The summed E-state index contributed by atoms with van der Waals surface area (Å²) in [5.41, 5.74) is 8.02. The number of rotatable bonds is 3. The Hall–Kier alpha value is -3.33. The second kappa shape index (κ2) is 7.35. The summed E-state index contributed by atoms with van der Waals surface area (Å²) in [6.45, 7) is 8.57. The summed E-state index contributed by atoms with van der Waals surface area (Å²) >= 11 is 0. The molecule has 0 N–H and O–H groups in total. The maximum absolute atomic E-state index is 4.88. The van der Waals surface area contributed by atoms with Gasteiger partial charge in [-0.05, 0) is 49.9 Å². The highest BCUT2D eigenvalue weighted by atomic mass is 15.0. The third kappa shape index (κ3) is 3.31. The second-order valence-electron chi connectivity index (χ2n) is 7.17. The minimum atomic E-state index is 0.697. The van der Waals surface area contributed by atoms with Crippen LogP contribution in [-0.2, 0) is 0 Å². The molecule has 1 aromatic heterocycles. The van der Waals surface area contributed by atoms with Crippen molar-refractivity contribution in [3.63, 3.8) is 0 Å². The zero-order chi connectivity index (χ0) is 19.7. The molecule has 0 bridgehead atoms. The van der Waals surface area contributed by atoms with E-state index in [-0.39, 0.29) is 0 Å². The molecule has 0 aliphatic carbocycles. The van der Waals surface area contributed by atoms with Gasteiger partial charge in [0, 0.05) is 16.7 Å². The molecule has 138 valence electrons. The van der Waals surface area contributed by atoms with Gasteiger partial charge in [0.05, 0.1) is 0 Å². The van der Waals surface area contributed by atoms with E-state index in [9.17, 15) is 0 Å². The van der Waals surface area contributed by atoms with Crippen molar-refractivity contribution in [1.29, 1.82) is 0 Å². The second-order valence-corrected chi connectivity index (χ2v) is 7.17. The number of hydrogen-bond acceptors (Lipinski definition) is 3. The van der Waals surface area contributed by atoms with Crippen LogP contribution in [0, 0.1) is 27.7 Å². The molecule has 0 aliphatic heterocycles. The summed E-state index contributed by atoms with van der Waals surface area (Å²) in [6, 6.07) is 22.4. The minimum Gasteiger partial charge on any atom is -0.208 e. The van der Waals surface area contributed by atoms with Crippen LogP contribution in [0.4, 0.5) is 0 Å². The summed E-state index contributed by atoms with van der Waals surface area (Å²) < 4.78 is 0. The van der Waals surface area contributed by atoms with Crippen LogP contribution in [0.1, 0.15) is 22.3 Å². The van der Waals surface area contributed by atoms with Crippen LogP contribution in [0.3, 0.4) is 0 Å². The van der Waals surface area contributed by atoms with Crippen molar-refractivity contribution in [3.8, 4) is 34.2 Å². The lowest BCUT2D eigenvalue weighted by molar-refractivity contribution is 1.06. The Kier molecular flexibility index (Phi) is 4.74. The normalized spacial score (nSPS) is 10.9. The number of benzene rings is 3. The average Bonchev–Trinajstić information content (AvgIpc) is 2.74. The Labute approximate surface area is 166 Å². The van der Waals surface area contributed by atoms with Gasteiger partial charge >= 0.3 is 0 Å². The topological polar surface area (TPSA) is 38.7 Å². The minimum absolute atomic E-state index is 0.697. The third-order valence-corrected chi connectivity index (χ3v) is 5.29. The Bertz CT molecular complexity index is 1050. The van der Waals surface area contributed by atoms with E-state index in [0.717, 1.165) is 22.5 Å². The van der Waals surface area contributed by atoms with Crippen LogP contribution < -0.4 is 0 Å². The first-order chi connectivity index (χ1) is 13.5. The molecule has 4 aromatic rings. The Morgan fingerprint density at radius 3 is 1.32 bits per heavy atom. The lowest BCUT2D eigenvalue weighted by Gasteiger charge is -2.15. The highest BCUT2D eigenvalue weighted by Crippen LogP contribution is 2.31. The first-order valence-corrected chi connectivity index (χ1v) is 9.49. The monoisotopic (exact) mass is 365 g/mol. The van der Waals surface area contributed by atoms with Crippen LogP contribution in [0.5, 0.6) is 0 Å². The molecule has 0 spiro atoms. The molecule has 28 heavy (non-hydrogen) atoms. The molecule has 3 aromatic carbocycles. The van der Waals surface area contributed by atoms with E-state index in [4.69, 9.17) is 15.0 Å². The molecular weight excluding hydrogens is 342 g/mol. The predicted molar refractivity (Wildman–Crippen MR) is 115 cm³/mol. The molecule has 0 fully saturated rings. The quantitative estimate of drug-likeness (QED) is 0.440. The fraction of sp³-hybridized carbons (Fsp3) is 0.160. The summed E-state index contributed by atoms with van der Waals surface area (Å²) in [5, 5.41) is 0. The Morgan fingerprint density at radius 2 is 0.893 bits per heavy atom. The largest absolute Gasteiger partial charge is 0.208 e. The van der Waals surface area contributed by atoms with E-state index in [1.165, 1.54) is 22.3 Å². The van der Waals surface area contributed by atoms with Crippen molar-refractivity contribution in [3.05, 3.63) is 89.0 Å². The summed E-state index contributed by atoms with van der Waals surface area (Å²) in [7, 11) is 0. The van der Waals surface area contributed by atoms with Crippen LogP contribution in [-0.4, -0.2) is 15.0 Å². The maximum atomic E-state index is 4.88. The van der Waals surface area contributed by atoms with Crippen LogP contribution in [0.15, 0.2) is 66.7 Å². The molecule has 0 saturated heterocycles. The van der Waals surface area contributed by atoms with E-state index in [2.05, 4.69) is 33.8 Å². The summed E-state index contributed by atoms with van der Waals surface area (Å²) in [4.78, 5) is 14.5. The fourth-order valence-electron chi connectivity index (χ4n) is 3.47. The number of hydrogen-bond donors (Lipinski definition) is 0. The van der Waals surface area contributed by atoms with E-state index in [0.29, 0.717) is 11.6 Å². The van der Waals surface area contributed by atoms with Gasteiger partial charge in [0.1, 0.15) is 0 Å². The molecule has 0 saturated carbocycles. The SMILES string of the molecule is Cc1cc(C)c(C)c(-c2nc(-c3ccccc3)nc(-c3ccccc3)n2)c1C. The van der Waals surface area contributed by atoms with E-state index in [1.807, 2.05) is 60.7 Å². The lowest BCUT2D eigenvalue weighted by atomic mass is 9.93. The van der Waals surface area contributed by atoms with Crippen molar-refractivity contribution in [1.82, 2.24) is 15.0 Å². The maximum Gasteiger partial charge on any atom is 0.164 e. The van der Waals surface area contributed by atoms with Gasteiger partial charge in [-0.15, -0.1) is 0 Å². The summed E-state index contributed by atoms with van der Waals surface area (Å²) in [6.07, 6.45) is 0. The van der Waals surface area contributed by atoms with Gasteiger partial charge in [-0.2, -0.15) is 0 Å².